The van der Waals surface area contributed by atoms with E-state index in [1.54, 1.807) is 18.2 Å². The number of hydrogen-bond donors (Lipinski definition) is 2. The number of rotatable bonds is 5. The molecule has 2 N–H and O–H groups in total. The Bertz CT molecular complexity index is 336. The molecule has 1 unspecified atom stereocenters. The van der Waals surface area contributed by atoms with Crippen molar-refractivity contribution in [2.24, 2.45) is 0 Å². The third kappa shape index (κ3) is 3.62. The monoisotopic (exact) mass is 207 g/mol. The van der Waals surface area contributed by atoms with Gasteiger partial charge in [0.2, 0.25) is 0 Å². The SMILES string of the molecule is CCCC(C)Nc1cccc(C(=O)O)c1. The highest BCUT2D eigenvalue weighted by Gasteiger charge is 2.04. The van der Waals surface area contributed by atoms with Crippen LogP contribution in [-0.2, 0) is 0 Å². The van der Waals surface area contributed by atoms with E-state index in [2.05, 4.69) is 19.2 Å². The van der Waals surface area contributed by atoms with Gasteiger partial charge in [0, 0.05) is 11.7 Å². The second kappa shape index (κ2) is 5.39. The van der Waals surface area contributed by atoms with Crippen LogP contribution < -0.4 is 5.32 Å². The lowest BCUT2D eigenvalue weighted by Crippen LogP contribution is -2.14. The number of nitrogens with one attached hydrogen (secondary N) is 1. The summed E-state index contributed by atoms with van der Waals surface area (Å²) in [5.74, 6) is -0.887. The molecule has 15 heavy (non-hydrogen) atoms. The van der Waals surface area contributed by atoms with Gasteiger partial charge in [-0.15, -0.1) is 0 Å². The van der Waals surface area contributed by atoms with Crippen molar-refractivity contribution in [1.29, 1.82) is 0 Å². The zero-order valence-corrected chi connectivity index (χ0v) is 9.16. The number of hydrogen-bond acceptors (Lipinski definition) is 2. The normalized spacial score (nSPS) is 12.1. The van der Waals surface area contributed by atoms with Crippen molar-refractivity contribution in [3.63, 3.8) is 0 Å². The zero-order valence-electron chi connectivity index (χ0n) is 9.16. The van der Waals surface area contributed by atoms with Crippen LogP contribution in [0.5, 0.6) is 0 Å². The Balaban J connectivity index is 2.69. The van der Waals surface area contributed by atoms with Crippen LogP contribution in [0, 0.1) is 0 Å². The van der Waals surface area contributed by atoms with Crippen LogP contribution in [0.2, 0.25) is 0 Å². The summed E-state index contributed by atoms with van der Waals surface area (Å²) in [6, 6.07) is 7.27. The van der Waals surface area contributed by atoms with Gasteiger partial charge in [0.15, 0.2) is 0 Å². The molecule has 3 heteroatoms. The van der Waals surface area contributed by atoms with Crippen LogP contribution in [0.15, 0.2) is 24.3 Å². The molecule has 0 fully saturated rings. The van der Waals surface area contributed by atoms with E-state index < -0.39 is 5.97 Å². The van der Waals surface area contributed by atoms with Gasteiger partial charge in [-0.05, 0) is 31.5 Å². The van der Waals surface area contributed by atoms with E-state index in [4.69, 9.17) is 5.11 Å². The highest BCUT2D eigenvalue weighted by molar-refractivity contribution is 5.88. The first-order valence-electron chi connectivity index (χ1n) is 5.23. The van der Waals surface area contributed by atoms with Gasteiger partial charge in [-0.1, -0.05) is 19.4 Å². The van der Waals surface area contributed by atoms with E-state index in [-0.39, 0.29) is 0 Å². The summed E-state index contributed by atoms with van der Waals surface area (Å²) >= 11 is 0. The molecule has 1 atom stereocenters. The van der Waals surface area contributed by atoms with E-state index in [0.29, 0.717) is 11.6 Å². The van der Waals surface area contributed by atoms with Gasteiger partial charge in [-0.3, -0.25) is 0 Å². The molecule has 0 aliphatic carbocycles. The molecule has 0 saturated heterocycles. The van der Waals surface area contributed by atoms with Crippen molar-refractivity contribution in [2.75, 3.05) is 5.32 Å². The van der Waals surface area contributed by atoms with Gasteiger partial charge < -0.3 is 10.4 Å². The van der Waals surface area contributed by atoms with E-state index in [1.807, 2.05) is 6.07 Å². The fraction of sp³-hybridized carbons (Fsp3) is 0.417. The van der Waals surface area contributed by atoms with Gasteiger partial charge in [0.1, 0.15) is 0 Å². The summed E-state index contributed by atoms with van der Waals surface area (Å²) < 4.78 is 0. The lowest BCUT2D eigenvalue weighted by atomic mass is 10.1. The van der Waals surface area contributed by atoms with E-state index in [1.165, 1.54) is 0 Å². The molecule has 1 rings (SSSR count). The Kier molecular flexibility index (Phi) is 4.16. The third-order valence-corrected chi connectivity index (χ3v) is 2.24. The van der Waals surface area contributed by atoms with Crippen molar-refractivity contribution in [3.05, 3.63) is 29.8 Å². The van der Waals surface area contributed by atoms with E-state index >= 15 is 0 Å². The lowest BCUT2D eigenvalue weighted by molar-refractivity contribution is 0.0697. The summed E-state index contributed by atoms with van der Waals surface area (Å²) in [6.45, 7) is 4.22. The molecule has 0 spiro atoms. The summed E-state index contributed by atoms with van der Waals surface area (Å²) in [7, 11) is 0. The molecule has 0 radical (unpaired) electrons. The van der Waals surface area contributed by atoms with Crippen molar-refractivity contribution in [2.45, 2.75) is 32.7 Å². The molecule has 0 aliphatic heterocycles. The predicted molar refractivity (Wildman–Crippen MR) is 61.4 cm³/mol. The van der Waals surface area contributed by atoms with Crippen molar-refractivity contribution in [3.8, 4) is 0 Å². The van der Waals surface area contributed by atoms with Gasteiger partial charge >= 0.3 is 5.97 Å². The second-order valence-electron chi connectivity index (χ2n) is 3.72. The molecule has 1 aromatic carbocycles. The largest absolute Gasteiger partial charge is 0.478 e. The van der Waals surface area contributed by atoms with Crippen LogP contribution in [-0.4, -0.2) is 17.1 Å². The number of aromatic carboxylic acids is 1. The molecule has 0 heterocycles. The minimum Gasteiger partial charge on any atom is -0.478 e. The maximum absolute atomic E-state index is 10.7. The molecule has 0 aromatic heterocycles. The van der Waals surface area contributed by atoms with Gasteiger partial charge in [0.25, 0.3) is 0 Å². The van der Waals surface area contributed by atoms with Crippen molar-refractivity contribution in [1.82, 2.24) is 0 Å². The second-order valence-corrected chi connectivity index (χ2v) is 3.72. The first-order chi connectivity index (χ1) is 7.13. The molecular formula is C12H17NO2. The maximum atomic E-state index is 10.7. The number of carboxylic acids is 1. The Morgan fingerprint density at radius 3 is 2.87 bits per heavy atom. The summed E-state index contributed by atoms with van der Waals surface area (Å²) in [5, 5.41) is 12.1. The first kappa shape index (κ1) is 11.6. The highest BCUT2D eigenvalue weighted by Crippen LogP contribution is 2.13. The van der Waals surface area contributed by atoms with Gasteiger partial charge in [-0.2, -0.15) is 0 Å². The molecule has 0 aliphatic rings. The number of carbonyl (C=O) groups is 1. The topological polar surface area (TPSA) is 49.3 Å². The Labute approximate surface area is 90.1 Å². The fourth-order valence-electron chi connectivity index (χ4n) is 1.53. The van der Waals surface area contributed by atoms with Crippen LogP contribution in [0.25, 0.3) is 0 Å². The average Bonchev–Trinajstić information content (AvgIpc) is 2.18. The quantitative estimate of drug-likeness (QED) is 0.780. The number of benzene rings is 1. The minimum absolute atomic E-state index is 0.323. The third-order valence-electron chi connectivity index (χ3n) is 2.24. The molecule has 0 bridgehead atoms. The molecular weight excluding hydrogens is 190 g/mol. The minimum atomic E-state index is -0.887. The Morgan fingerprint density at radius 1 is 1.53 bits per heavy atom. The van der Waals surface area contributed by atoms with Gasteiger partial charge in [0.05, 0.1) is 5.56 Å². The predicted octanol–water partition coefficient (Wildman–Crippen LogP) is 2.99. The average molecular weight is 207 g/mol. The zero-order chi connectivity index (χ0) is 11.3. The molecule has 82 valence electrons. The van der Waals surface area contributed by atoms with Crippen LogP contribution >= 0.6 is 0 Å². The molecule has 0 saturated carbocycles. The summed E-state index contributed by atoms with van der Waals surface area (Å²) in [6.07, 6.45) is 2.20. The Morgan fingerprint density at radius 2 is 2.27 bits per heavy atom. The molecule has 0 amide bonds. The lowest BCUT2D eigenvalue weighted by Gasteiger charge is -2.14. The molecule has 1 aromatic rings. The smallest absolute Gasteiger partial charge is 0.335 e. The highest BCUT2D eigenvalue weighted by atomic mass is 16.4. The maximum Gasteiger partial charge on any atom is 0.335 e. The number of anilines is 1. The van der Waals surface area contributed by atoms with Crippen molar-refractivity contribution < 1.29 is 9.90 Å². The Hall–Kier alpha value is -1.51. The first-order valence-corrected chi connectivity index (χ1v) is 5.23. The summed E-state index contributed by atoms with van der Waals surface area (Å²) in [5.41, 5.74) is 1.19. The number of carboxylic acid groups (broad SMARTS) is 1. The van der Waals surface area contributed by atoms with Crippen LogP contribution in [0.1, 0.15) is 37.0 Å². The summed E-state index contributed by atoms with van der Waals surface area (Å²) in [4.78, 5) is 10.7. The van der Waals surface area contributed by atoms with Crippen molar-refractivity contribution >= 4 is 11.7 Å². The fourth-order valence-corrected chi connectivity index (χ4v) is 1.53. The van der Waals surface area contributed by atoms with E-state index in [0.717, 1.165) is 18.5 Å². The standard InChI is InChI=1S/C12H17NO2/c1-3-5-9(2)13-11-7-4-6-10(8-11)12(14)15/h4,6-9,13H,3,5H2,1-2H3,(H,14,15). The van der Waals surface area contributed by atoms with Crippen LogP contribution in [0.4, 0.5) is 5.69 Å². The molecule has 3 nitrogen and oxygen atoms in total. The van der Waals surface area contributed by atoms with Crippen LogP contribution in [0.3, 0.4) is 0 Å². The van der Waals surface area contributed by atoms with E-state index in [9.17, 15) is 4.79 Å². The van der Waals surface area contributed by atoms with Gasteiger partial charge in [-0.25, -0.2) is 4.79 Å².